The number of nitro groups is 1. The maximum absolute atomic E-state index is 10.8. The minimum atomic E-state index is -0.435. The molecule has 0 aliphatic rings. The van der Waals surface area contributed by atoms with Crippen molar-refractivity contribution in [1.29, 1.82) is 0 Å². The molecule has 0 aliphatic heterocycles. The van der Waals surface area contributed by atoms with Gasteiger partial charge in [0.2, 0.25) is 0 Å². The number of halogens is 1. The lowest BCUT2D eigenvalue weighted by Gasteiger charge is -2.09. The van der Waals surface area contributed by atoms with Gasteiger partial charge in [-0.3, -0.25) is 15.1 Å². The smallest absolute Gasteiger partial charge is 0.276 e. The molecule has 0 saturated carbocycles. The highest BCUT2D eigenvalue weighted by Gasteiger charge is 2.14. The molecular formula is C13H11ClN2O3. The number of nitrogens with zero attached hydrogens (tertiary/aromatic N) is 2. The summed E-state index contributed by atoms with van der Waals surface area (Å²) in [5, 5.41) is 10.8. The normalized spacial score (nSPS) is 10.2. The Morgan fingerprint density at radius 2 is 2.21 bits per heavy atom. The molecule has 0 amide bonds. The third-order valence-corrected chi connectivity index (χ3v) is 2.91. The van der Waals surface area contributed by atoms with E-state index in [-0.39, 0.29) is 5.69 Å². The first-order valence-corrected chi connectivity index (χ1v) is 6.07. The highest BCUT2D eigenvalue weighted by atomic mass is 35.5. The van der Waals surface area contributed by atoms with Crippen LogP contribution in [0.1, 0.15) is 11.1 Å². The van der Waals surface area contributed by atoms with E-state index in [0.29, 0.717) is 22.9 Å². The van der Waals surface area contributed by atoms with Crippen molar-refractivity contribution in [3.05, 3.63) is 57.9 Å². The summed E-state index contributed by atoms with van der Waals surface area (Å²) in [6, 6.07) is 6.45. The molecule has 0 aliphatic carbocycles. The zero-order chi connectivity index (χ0) is 13.8. The van der Waals surface area contributed by atoms with Crippen LogP contribution in [0.5, 0.6) is 11.5 Å². The minimum Gasteiger partial charge on any atom is -0.455 e. The van der Waals surface area contributed by atoms with Crippen LogP contribution in [0.3, 0.4) is 0 Å². The third-order valence-electron chi connectivity index (χ3n) is 2.60. The fraction of sp³-hybridized carbons (Fsp3) is 0.154. The lowest BCUT2D eigenvalue weighted by atomic mass is 10.2. The van der Waals surface area contributed by atoms with E-state index in [1.54, 1.807) is 31.3 Å². The molecule has 0 saturated heterocycles. The van der Waals surface area contributed by atoms with Gasteiger partial charge in [0.25, 0.3) is 5.69 Å². The predicted molar refractivity (Wildman–Crippen MR) is 71.7 cm³/mol. The molecule has 2 aromatic rings. The average molecular weight is 279 g/mol. The first-order valence-electron chi connectivity index (χ1n) is 5.53. The standard InChI is InChI=1S/C13H11ClN2O3/c1-9-12(16(17)18)3-2-4-13(9)19-11-5-10(6-14)7-15-8-11/h2-5,7-8H,6H2,1H3. The van der Waals surface area contributed by atoms with Gasteiger partial charge in [-0.15, -0.1) is 11.6 Å². The summed E-state index contributed by atoms with van der Waals surface area (Å²) >= 11 is 5.72. The summed E-state index contributed by atoms with van der Waals surface area (Å²) in [7, 11) is 0. The first-order chi connectivity index (χ1) is 9.11. The predicted octanol–water partition coefficient (Wildman–Crippen LogP) is 3.83. The fourth-order valence-electron chi connectivity index (χ4n) is 1.63. The van der Waals surface area contributed by atoms with Crippen LogP contribution in [-0.2, 0) is 5.88 Å². The molecule has 1 heterocycles. The molecule has 1 aromatic heterocycles. The molecule has 0 atom stereocenters. The van der Waals surface area contributed by atoms with Crippen molar-refractivity contribution in [2.45, 2.75) is 12.8 Å². The lowest BCUT2D eigenvalue weighted by molar-refractivity contribution is -0.385. The SMILES string of the molecule is Cc1c(Oc2cncc(CCl)c2)cccc1[N+](=O)[O-]. The molecule has 0 unspecified atom stereocenters. The number of benzene rings is 1. The first kappa shape index (κ1) is 13.3. The highest BCUT2D eigenvalue weighted by Crippen LogP contribution is 2.30. The molecule has 19 heavy (non-hydrogen) atoms. The van der Waals surface area contributed by atoms with Crippen LogP contribution in [0.25, 0.3) is 0 Å². The van der Waals surface area contributed by atoms with Gasteiger partial charge >= 0.3 is 0 Å². The number of ether oxygens (including phenoxy) is 1. The van der Waals surface area contributed by atoms with E-state index >= 15 is 0 Å². The molecule has 1 aromatic carbocycles. The Kier molecular flexibility index (Phi) is 3.97. The maximum Gasteiger partial charge on any atom is 0.276 e. The van der Waals surface area contributed by atoms with Gasteiger partial charge in [0.1, 0.15) is 11.5 Å². The maximum atomic E-state index is 10.8. The van der Waals surface area contributed by atoms with E-state index in [9.17, 15) is 10.1 Å². The second-order valence-electron chi connectivity index (χ2n) is 3.92. The van der Waals surface area contributed by atoms with E-state index in [1.807, 2.05) is 0 Å². The Labute approximate surface area is 115 Å². The van der Waals surface area contributed by atoms with E-state index in [0.717, 1.165) is 5.56 Å². The van der Waals surface area contributed by atoms with Crippen molar-refractivity contribution in [1.82, 2.24) is 4.98 Å². The molecule has 5 nitrogen and oxygen atoms in total. The quantitative estimate of drug-likeness (QED) is 0.484. The molecule has 98 valence electrons. The zero-order valence-corrected chi connectivity index (χ0v) is 10.9. The average Bonchev–Trinajstić information content (AvgIpc) is 2.41. The molecule has 0 N–H and O–H groups in total. The largest absolute Gasteiger partial charge is 0.455 e. The van der Waals surface area contributed by atoms with Gasteiger partial charge < -0.3 is 4.74 Å². The van der Waals surface area contributed by atoms with Crippen molar-refractivity contribution in [2.75, 3.05) is 0 Å². The van der Waals surface area contributed by atoms with Gasteiger partial charge in [0, 0.05) is 18.1 Å². The Morgan fingerprint density at radius 1 is 1.42 bits per heavy atom. The van der Waals surface area contributed by atoms with Gasteiger partial charge in [0.15, 0.2) is 0 Å². The van der Waals surface area contributed by atoms with Gasteiger partial charge in [-0.1, -0.05) is 6.07 Å². The van der Waals surface area contributed by atoms with Gasteiger partial charge in [0.05, 0.1) is 16.7 Å². The number of hydrogen-bond acceptors (Lipinski definition) is 4. The summed E-state index contributed by atoms with van der Waals surface area (Å²) in [4.78, 5) is 14.4. The Balaban J connectivity index is 2.33. The van der Waals surface area contributed by atoms with Crippen molar-refractivity contribution in [2.24, 2.45) is 0 Å². The van der Waals surface area contributed by atoms with E-state index < -0.39 is 4.92 Å². The zero-order valence-electron chi connectivity index (χ0n) is 10.2. The summed E-state index contributed by atoms with van der Waals surface area (Å²) in [5.74, 6) is 1.27. The summed E-state index contributed by atoms with van der Waals surface area (Å²) in [6.45, 7) is 1.65. The number of pyridine rings is 1. The van der Waals surface area contributed by atoms with Crippen LogP contribution in [0.2, 0.25) is 0 Å². The minimum absolute atomic E-state index is 0.0268. The van der Waals surface area contributed by atoms with Crippen molar-refractivity contribution >= 4 is 17.3 Å². The van der Waals surface area contributed by atoms with E-state index in [1.165, 1.54) is 12.3 Å². The molecule has 6 heteroatoms. The monoisotopic (exact) mass is 278 g/mol. The van der Waals surface area contributed by atoms with Crippen LogP contribution < -0.4 is 4.74 Å². The van der Waals surface area contributed by atoms with Gasteiger partial charge in [-0.05, 0) is 24.6 Å². The number of rotatable bonds is 4. The Morgan fingerprint density at radius 3 is 2.89 bits per heavy atom. The topological polar surface area (TPSA) is 65.3 Å². The van der Waals surface area contributed by atoms with Gasteiger partial charge in [-0.2, -0.15) is 0 Å². The molecule has 0 radical (unpaired) electrons. The Hall–Kier alpha value is -2.14. The van der Waals surface area contributed by atoms with Crippen LogP contribution in [0.15, 0.2) is 36.7 Å². The number of alkyl halides is 1. The van der Waals surface area contributed by atoms with Crippen LogP contribution in [0, 0.1) is 17.0 Å². The van der Waals surface area contributed by atoms with E-state index in [2.05, 4.69) is 4.98 Å². The second kappa shape index (κ2) is 5.67. The van der Waals surface area contributed by atoms with Gasteiger partial charge in [-0.25, -0.2) is 0 Å². The third kappa shape index (κ3) is 3.00. The summed E-state index contributed by atoms with van der Waals surface area (Å²) in [6.07, 6.45) is 3.18. The van der Waals surface area contributed by atoms with Crippen LogP contribution in [-0.4, -0.2) is 9.91 Å². The molecule has 0 bridgehead atoms. The van der Waals surface area contributed by atoms with E-state index in [4.69, 9.17) is 16.3 Å². The second-order valence-corrected chi connectivity index (χ2v) is 4.19. The lowest BCUT2D eigenvalue weighted by Crippen LogP contribution is -1.95. The van der Waals surface area contributed by atoms with Crippen molar-refractivity contribution in [3.8, 4) is 11.5 Å². The molecule has 2 rings (SSSR count). The highest BCUT2D eigenvalue weighted by molar-refractivity contribution is 6.17. The summed E-state index contributed by atoms with van der Waals surface area (Å²) in [5.41, 5.74) is 1.32. The Bertz CT molecular complexity index is 617. The van der Waals surface area contributed by atoms with Crippen molar-refractivity contribution in [3.63, 3.8) is 0 Å². The fourth-order valence-corrected chi connectivity index (χ4v) is 1.78. The number of nitro benzene ring substituents is 1. The molecular weight excluding hydrogens is 268 g/mol. The van der Waals surface area contributed by atoms with Crippen molar-refractivity contribution < 1.29 is 9.66 Å². The molecule has 0 spiro atoms. The summed E-state index contributed by atoms with van der Waals surface area (Å²) < 4.78 is 5.62. The van der Waals surface area contributed by atoms with Crippen LogP contribution in [0.4, 0.5) is 5.69 Å². The number of aromatic nitrogens is 1. The van der Waals surface area contributed by atoms with Crippen LogP contribution >= 0.6 is 11.6 Å². The molecule has 0 fully saturated rings. The number of hydrogen-bond donors (Lipinski definition) is 0.